The second-order valence-electron chi connectivity index (χ2n) is 19.9. The van der Waals surface area contributed by atoms with Gasteiger partial charge in [-0.3, -0.25) is 0 Å². The van der Waals surface area contributed by atoms with Crippen molar-refractivity contribution in [3.05, 3.63) is 228 Å². The molecule has 0 unspecified atom stereocenters. The number of benzene rings is 10. The number of fused-ring (bicyclic) bond motifs is 14. The zero-order chi connectivity index (χ0) is 47.2. The molecule has 0 saturated carbocycles. The molecule has 10 aromatic carbocycles. The van der Waals surface area contributed by atoms with Gasteiger partial charge in [-0.15, -0.1) is 0 Å². The van der Waals surface area contributed by atoms with Crippen molar-refractivity contribution < 1.29 is 17.6 Å². The minimum Gasteiger partial charge on any atom is -0.454 e. The Morgan fingerprint density at radius 2 is 0.829 bits per heavy atom. The molecule has 12 aromatic rings. The number of halogens is 2. The van der Waals surface area contributed by atoms with E-state index in [-0.39, 0.29) is 17.0 Å². The third-order valence-corrected chi connectivity index (χ3v) is 15.3. The first-order valence-electron chi connectivity index (χ1n) is 23.9. The summed E-state index contributed by atoms with van der Waals surface area (Å²) >= 11 is 0. The Morgan fingerprint density at radius 1 is 0.343 bits per heavy atom. The summed E-state index contributed by atoms with van der Waals surface area (Å²) < 4.78 is 43.9. The Kier molecular flexibility index (Phi) is 8.42. The van der Waals surface area contributed by atoms with Crippen molar-refractivity contribution in [1.29, 1.82) is 0 Å². The number of hydrogen-bond acceptors (Lipinski definition) is 4. The maximum atomic E-state index is 15.4. The summed E-state index contributed by atoms with van der Waals surface area (Å²) in [6.07, 6.45) is 0. The number of rotatable bonds is 6. The standard InChI is InChI=1S/C64H44F2N2O2/c1-63(2)51-33-41(67(39-17-11-15-37(65)31-39)55-25-13-23-47-44-20-7-9-27-58(44)69-61(47)55)29-30-42(51)49-34-50-53(35-52(49)63)64(3,4)54-36-57(43-19-5-6-22-46(43)60(50)54)68(40-18-12-16-38(66)32-40)56-26-14-24-48-45-21-8-10-28-59(45)70-62(48)56/h5-36H,1-4H3. The third kappa shape index (κ3) is 5.67. The lowest BCUT2D eigenvalue weighted by Gasteiger charge is -2.30. The van der Waals surface area contributed by atoms with E-state index < -0.39 is 5.41 Å². The molecular formula is C64H44F2N2O2. The predicted octanol–water partition coefficient (Wildman–Crippen LogP) is 18.5. The van der Waals surface area contributed by atoms with E-state index in [1.54, 1.807) is 24.3 Å². The summed E-state index contributed by atoms with van der Waals surface area (Å²) in [5.74, 6) is -0.622. The van der Waals surface area contributed by atoms with Crippen LogP contribution in [0.3, 0.4) is 0 Å². The third-order valence-electron chi connectivity index (χ3n) is 15.3. The van der Waals surface area contributed by atoms with Crippen LogP contribution in [-0.4, -0.2) is 0 Å². The maximum Gasteiger partial charge on any atom is 0.159 e. The summed E-state index contributed by atoms with van der Waals surface area (Å²) in [5, 5.41) is 6.25. The highest BCUT2D eigenvalue weighted by molar-refractivity contribution is 6.15. The molecule has 0 amide bonds. The molecular weight excluding hydrogens is 867 g/mol. The molecule has 2 aliphatic carbocycles. The summed E-state index contributed by atoms with van der Waals surface area (Å²) in [7, 11) is 0. The SMILES string of the molecule is CC1(C)c2cc(N(c3cccc(F)c3)c3cccc4c3oc3ccccc34)ccc2-c2cc3c(cc21)C(C)(C)c1cc(N(c2cccc(F)c2)c2cccc4c2oc2ccccc24)c2ccccc2c1-3. The molecule has 0 aliphatic heterocycles. The van der Waals surface area contributed by atoms with E-state index in [2.05, 4.69) is 141 Å². The molecule has 0 atom stereocenters. The van der Waals surface area contributed by atoms with E-state index in [9.17, 15) is 0 Å². The van der Waals surface area contributed by atoms with Crippen LogP contribution in [-0.2, 0) is 10.8 Å². The predicted molar refractivity (Wildman–Crippen MR) is 283 cm³/mol. The van der Waals surface area contributed by atoms with Crippen molar-refractivity contribution in [2.24, 2.45) is 0 Å². The highest BCUT2D eigenvalue weighted by Gasteiger charge is 2.43. The first-order valence-corrected chi connectivity index (χ1v) is 23.9. The fourth-order valence-corrected chi connectivity index (χ4v) is 12.0. The Balaban J connectivity index is 0.954. The minimum absolute atomic E-state index is 0.310. The highest BCUT2D eigenvalue weighted by atomic mass is 19.1. The molecule has 0 bridgehead atoms. The lowest BCUT2D eigenvalue weighted by atomic mass is 9.77. The van der Waals surface area contributed by atoms with Crippen LogP contribution in [0.4, 0.5) is 42.9 Å². The molecule has 0 radical (unpaired) electrons. The molecule has 2 aliphatic rings. The van der Waals surface area contributed by atoms with Gasteiger partial charge in [-0.1, -0.05) is 137 Å². The lowest BCUT2D eigenvalue weighted by molar-refractivity contribution is 0.627. The molecule has 0 saturated heterocycles. The number of furan rings is 2. The Hall–Kier alpha value is -8.48. The van der Waals surface area contributed by atoms with Crippen LogP contribution >= 0.6 is 0 Å². The fraction of sp³-hybridized carbons (Fsp3) is 0.0938. The molecule has 2 heterocycles. The van der Waals surface area contributed by atoms with Crippen molar-refractivity contribution in [3.8, 4) is 22.3 Å². The van der Waals surface area contributed by atoms with Gasteiger partial charge in [0.25, 0.3) is 0 Å². The average Bonchev–Trinajstić information content (AvgIpc) is 4.07. The normalized spacial score (nSPS) is 14.1. The van der Waals surface area contributed by atoms with Crippen molar-refractivity contribution in [1.82, 2.24) is 0 Å². The van der Waals surface area contributed by atoms with E-state index >= 15 is 8.78 Å². The number of para-hydroxylation sites is 4. The molecule has 70 heavy (non-hydrogen) atoms. The van der Waals surface area contributed by atoms with Gasteiger partial charge >= 0.3 is 0 Å². The van der Waals surface area contributed by atoms with Crippen molar-refractivity contribution in [3.63, 3.8) is 0 Å². The largest absolute Gasteiger partial charge is 0.454 e. The van der Waals surface area contributed by atoms with Gasteiger partial charge in [0.15, 0.2) is 11.2 Å². The van der Waals surface area contributed by atoms with Crippen LogP contribution in [0.2, 0.25) is 0 Å². The van der Waals surface area contributed by atoms with E-state index in [1.807, 2.05) is 54.6 Å². The second kappa shape index (κ2) is 14.5. The summed E-state index contributed by atoms with van der Waals surface area (Å²) in [6.45, 7) is 9.30. The summed E-state index contributed by atoms with van der Waals surface area (Å²) in [5.41, 5.74) is 17.0. The maximum absolute atomic E-state index is 15.4. The van der Waals surface area contributed by atoms with Crippen molar-refractivity contribution in [2.75, 3.05) is 9.80 Å². The highest BCUT2D eigenvalue weighted by Crippen LogP contribution is 2.60. The molecule has 4 nitrogen and oxygen atoms in total. The molecule has 6 heteroatoms. The van der Waals surface area contributed by atoms with Crippen LogP contribution < -0.4 is 9.80 Å². The average molecular weight is 911 g/mol. The molecule has 0 fully saturated rings. The lowest BCUT2D eigenvalue weighted by Crippen LogP contribution is -2.20. The van der Waals surface area contributed by atoms with Gasteiger partial charge in [-0.05, 0) is 135 Å². The van der Waals surface area contributed by atoms with Crippen molar-refractivity contribution >= 4 is 88.8 Å². The quantitative estimate of drug-likeness (QED) is 0.166. The number of hydrogen-bond donors (Lipinski definition) is 0. The molecule has 0 spiro atoms. The molecule has 14 rings (SSSR count). The van der Waals surface area contributed by atoms with Gasteiger partial charge in [0.2, 0.25) is 0 Å². The summed E-state index contributed by atoms with van der Waals surface area (Å²) in [6, 6.07) is 64.8. The van der Waals surface area contributed by atoms with Crippen LogP contribution in [0.15, 0.2) is 203 Å². The monoisotopic (exact) mass is 910 g/mol. The topological polar surface area (TPSA) is 32.8 Å². The zero-order valence-corrected chi connectivity index (χ0v) is 38.9. The van der Waals surface area contributed by atoms with Crippen LogP contribution in [0.1, 0.15) is 49.9 Å². The molecule has 2 aromatic heterocycles. The molecule has 336 valence electrons. The minimum atomic E-state index is -0.410. The number of nitrogens with zero attached hydrogens (tertiary/aromatic N) is 2. The first-order chi connectivity index (χ1) is 34.0. The van der Waals surface area contributed by atoms with E-state index in [1.165, 1.54) is 56.6 Å². The van der Waals surface area contributed by atoms with Crippen LogP contribution in [0, 0.1) is 11.6 Å². The zero-order valence-electron chi connectivity index (χ0n) is 38.9. The van der Waals surface area contributed by atoms with E-state index in [4.69, 9.17) is 8.83 Å². The smallest absolute Gasteiger partial charge is 0.159 e. The first kappa shape index (κ1) is 40.6. The van der Waals surface area contributed by atoms with Gasteiger partial charge < -0.3 is 18.6 Å². The fourth-order valence-electron chi connectivity index (χ4n) is 12.0. The van der Waals surface area contributed by atoms with Gasteiger partial charge in [-0.2, -0.15) is 0 Å². The van der Waals surface area contributed by atoms with Crippen LogP contribution in [0.25, 0.3) is 76.9 Å². The number of anilines is 6. The second-order valence-corrected chi connectivity index (χ2v) is 19.9. The van der Waals surface area contributed by atoms with Crippen LogP contribution in [0.5, 0.6) is 0 Å². The Labute approximate surface area is 403 Å². The molecule has 0 N–H and O–H groups in total. The van der Waals surface area contributed by atoms with E-state index in [0.717, 1.165) is 77.4 Å². The van der Waals surface area contributed by atoms with E-state index in [0.29, 0.717) is 11.4 Å². The van der Waals surface area contributed by atoms with Crippen molar-refractivity contribution in [2.45, 2.75) is 38.5 Å². The Morgan fingerprint density at radius 3 is 1.46 bits per heavy atom. The Bertz CT molecular complexity index is 4200. The summed E-state index contributed by atoms with van der Waals surface area (Å²) in [4.78, 5) is 4.30. The van der Waals surface area contributed by atoms with Gasteiger partial charge in [0.05, 0.1) is 17.1 Å². The van der Waals surface area contributed by atoms with Gasteiger partial charge in [0, 0.05) is 54.8 Å². The van der Waals surface area contributed by atoms with Gasteiger partial charge in [0.1, 0.15) is 22.8 Å². The van der Waals surface area contributed by atoms with Gasteiger partial charge in [-0.25, -0.2) is 8.78 Å².